The van der Waals surface area contributed by atoms with Gasteiger partial charge in [0.05, 0.1) is 10.7 Å². The molecule has 1 aromatic carbocycles. The summed E-state index contributed by atoms with van der Waals surface area (Å²) < 4.78 is 2.45. The number of hydrogen-bond donors (Lipinski definition) is 1. The van der Waals surface area contributed by atoms with Gasteiger partial charge in [0.2, 0.25) is 5.91 Å². The normalized spacial score (nSPS) is 10.4. The molecule has 0 aliphatic carbocycles. The SMILES string of the molecule is Cc1ccc(C)c(NC(=O)Cn2cc(Br)cn2)c1. The zero-order valence-electron chi connectivity index (χ0n) is 10.3. The van der Waals surface area contributed by atoms with Crippen LogP contribution in [0.1, 0.15) is 11.1 Å². The zero-order chi connectivity index (χ0) is 13.1. The molecule has 5 heteroatoms. The number of nitrogens with zero attached hydrogens (tertiary/aromatic N) is 2. The molecule has 0 aliphatic heterocycles. The Morgan fingerprint density at radius 2 is 2.22 bits per heavy atom. The van der Waals surface area contributed by atoms with Crippen LogP contribution in [0.15, 0.2) is 35.1 Å². The van der Waals surface area contributed by atoms with Gasteiger partial charge in [-0.3, -0.25) is 9.48 Å². The van der Waals surface area contributed by atoms with Crippen LogP contribution in [0, 0.1) is 13.8 Å². The van der Waals surface area contributed by atoms with E-state index >= 15 is 0 Å². The molecule has 4 nitrogen and oxygen atoms in total. The molecule has 2 aromatic rings. The lowest BCUT2D eigenvalue weighted by Gasteiger charge is -2.09. The van der Waals surface area contributed by atoms with Gasteiger partial charge < -0.3 is 5.32 Å². The number of carbonyl (C=O) groups excluding carboxylic acids is 1. The van der Waals surface area contributed by atoms with Crippen LogP contribution in [0.5, 0.6) is 0 Å². The van der Waals surface area contributed by atoms with Gasteiger partial charge in [-0.05, 0) is 47.0 Å². The van der Waals surface area contributed by atoms with Crippen LogP contribution in [0.3, 0.4) is 0 Å². The number of aryl methyl sites for hydroxylation is 2. The van der Waals surface area contributed by atoms with Gasteiger partial charge in [-0.2, -0.15) is 5.10 Å². The molecule has 1 aromatic heterocycles. The Morgan fingerprint density at radius 3 is 2.89 bits per heavy atom. The lowest BCUT2D eigenvalue weighted by molar-refractivity contribution is -0.116. The van der Waals surface area contributed by atoms with E-state index in [4.69, 9.17) is 0 Å². The van der Waals surface area contributed by atoms with E-state index in [1.165, 1.54) is 0 Å². The first kappa shape index (κ1) is 12.8. The van der Waals surface area contributed by atoms with Crippen molar-refractivity contribution >= 4 is 27.5 Å². The van der Waals surface area contributed by atoms with Crippen molar-refractivity contribution in [2.75, 3.05) is 5.32 Å². The monoisotopic (exact) mass is 307 g/mol. The van der Waals surface area contributed by atoms with Crippen molar-refractivity contribution in [3.05, 3.63) is 46.2 Å². The van der Waals surface area contributed by atoms with Crippen LogP contribution < -0.4 is 5.32 Å². The number of carbonyl (C=O) groups is 1. The van der Waals surface area contributed by atoms with E-state index < -0.39 is 0 Å². The molecular weight excluding hydrogens is 294 g/mol. The van der Waals surface area contributed by atoms with E-state index in [0.29, 0.717) is 0 Å². The molecule has 0 aliphatic rings. The molecule has 0 radical (unpaired) electrons. The predicted octanol–water partition coefficient (Wildman–Crippen LogP) is 2.90. The van der Waals surface area contributed by atoms with Crippen LogP contribution in [0.2, 0.25) is 0 Å². The number of anilines is 1. The highest BCUT2D eigenvalue weighted by atomic mass is 79.9. The van der Waals surface area contributed by atoms with Crippen molar-refractivity contribution < 1.29 is 4.79 Å². The largest absolute Gasteiger partial charge is 0.324 e. The minimum Gasteiger partial charge on any atom is -0.324 e. The van der Waals surface area contributed by atoms with Crippen molar-refractivity contribution in [3.8, 4) is 0 Å². The van der Waals surface area contributed by atoms with Crippen molar-refractivity contribution in [2.45, 2.75) is 20.4 Å². The van der Waals surface area contributed by atoms with E-state index in [0.717, 1.165) is 21.3 Å². The summed E-state index contributed by atoms with van der Waals surface area (Å²) >= 11 is 3.30. The second-order valence-electron chi connectivity index (χ2n) is 4.22. The molecule has 0 unspecified atom stereocenters. The lowest BCUT2D eigenvalue weighted by Crippen LogP contribution is -2.19. The van der Waals surface area contributed by atoms with E-state index in [-0.39, 0.29) is 12.5 Å². The van der Waals surface area contributed by atoms with Gasteiger partial charge in [0.1, 0.15) is 6.54 Å². The van der Waals surface area contributed by atoms with E-state index in [2.05, 4.69) is 26.3 Å². The van der Waals surface area contributed by atoms with Crippen molar-refractivity contribution in [2.24, 2.45) is 0 Å². The topological polar surface area (TPSA) is 46.9 Å². The second-order valence-corrected chi connectivity index (χ2v) is 5.14. The number of hydrogen-bond acceptors (Lipinski definition) is 2. The third-order valence-corrected chi connectivity index (χ3v) is 2.98. The lowest BCUT2D eigenvalue weighted by atomic mass is 10.1. The molecular formula is C13H14BrN3O. The molecule has 1 heterocycles. The fourth-order valence-corrected chi connectivity index (χ4v) is 1.96. The fraction of sp³-hybridized carbons (Fsp3) is 0.231. The van der Waals surface area contributed by atoms with Gasteiger partial charge in [0.25, 0.3) is 0 Å². The van der Waals surface area contributed by atoms with Crippen molar-refractivity contribution in [1.29, 1.82) is 0 Å². The molecule has 0 saturated carbocycles. The third kappa shape index (κ3) is 3.20. The Morgan fingerprint density at radius 1 is 1.44 bits per heavy atom. The maximum Gasteiger partial charge on any atom is 0.246 e. The number of aromatic nitrogens is 2. The third-order valence-electron chi connectivity index (χ3n) is 2.57. The molecule has 0 atom stereocenters. The summed E-state index contributed by atoms with van der Waals surface area (Å²) in [6.07, 6.45) is 3.42. The van der Waals surface area contributed by atoms with Crippen LogP contribution in [0.25, 0.3) is 0 Å². The first-order valence-electron chi connectivity index (χ1n) is 5.59. The average molecular weight is 308 g/mol. The Kier molecular flexibility index (Phi) is 3.81. The smallest absolute Gasteiger partial charge is 0.246 e. The fourth-order valence-electron chi connectivity index (χ4n) is 1.63. The summed E-state index contributed by atoms with van der Waals surface area (Å²) in [6, 6.07) is 5.98. The minimum absolute atomic E-state index is 0.0840. The maximum absolute atomic E-state index is 11.9. The van der Waals surface area contributed by atoms with Crippen molar-refractivity contribution in [1.82, 2.24) is 9.78 Å². The summed E-state index contributed by atoms with van der Waals surface area (Å²) in [6.45, 7) is 4.18. The highest BCUT2D eigenvalue weighted by Crippen LogP contribution is 2.16. The number of nitrogens with one attached hydrogen (secondary N) is 1. The summed E-state index contributed by atoms with van der Waals surface area (Å²) in [5, 5.41) is 6.94. The van der Waals surface area contributed by atoms with Gasteiger partial charge >= 0.3 is 0 Å². The van der Waals surface area contributed by atoms with Gasteiger partial charge in [-0.1, -0.05) is 12.1 Å². The number of amides is 1. The molecule has 94 valence electrons. The Hall–Kier alpha value is -1.62. The van der Waals surface area contributed by atoms with E-state index in [1.54, 1.807) is 17.1 Å². The molecule has 1 amide bonds. The summed E-state index contributed by atoms with van der Waals surface area (Å²) in [5.41, 5.74) is 3.03. The van der Waals surface area contributed by atoms with Crippen LogP contribution in [-0.2, 0) is 11.3 Å². The Balaban J connectivity index is 2.05. The van der Waals surface area contributed by atoms with Gasteiger partial charge in [0.15, 0.2) is 0 Å². The standard InChI is InChI=1S/C13H14BrN3O/c1-9-3-4-10(2)12(5-9)16-13(18)8-17-7-11(14)6-15-17/h3-7H,8H2,1-2H3,(H,16,18). The summed E-state index contributed by atoms with van der Waals surface area (Å²) in [4.78, 5) is 11.9. The zero-order valence-corrected chi connectivity index (χ0v) is 11.9. The molecule has 2 rings (SSSR count). The Bertz CT molecular complexity index is 577. The molecule has 0 bridgehead atoms. The van der Waals surface area contributed by atoms with Crippen LogP contribution in [-0.4, -0.2) is 15.7 Å². The molecule has 0 fully saturated rings. The van der Waals surface area contributed by atoms with Crippen LogP contribution >= 0.6 is 15.9 Å². The predicted molar refractivity (Wildman–Crippen MR) is 74.5 cm³/mol. The summed E-state index contributed by atoms with van der Waals surface area (Å²) in [5.74, 6) is -0.0840. The van der Waals surface area contributed by atoms with Crippen LogP contribution in [0.4, 0.5) is 5.69 Å². The first-order valence-corrected chi connectivity index (χ1v) is 6.39. The molecule has 18 heavy (non-hydrogen) atoms. The van der Waals surface area contributed by atoms with Gasteiger partial charge in [0, 0.05) is 11.9 Å². The number of halogens is 1. The number of rotatable bonds is 3. The van der Waals surface area contributed by atoms with E-state index in [9.17, 15) is 4.79 Å². The van der Waals surface area contributed by atoms with Gasteiger partial charge in [-0.25, -0.2) is 0 Å². The maximum atomic E-state index is 11.9. The molecule has 1 N–H and O–H groups in total. The summed E-state index contributed by atoms with van der Waals surface area (Å²) in [7, 11) is 0. The van der Waals surface area contributed by atoms with Crippen molar-refractivity contribution in [3.63, 3.8) is 0 Å². The minimum atomic E-state index is -0.0840. The average Bonchev–Trinajstić information content (AvgIpc) is 2.69. The Labute approximate surface area is 114 Å². The molecule has 0 spiro atoms. The molecule has 0 saturated heterocycles. The van der Waals surface area contributed by atoms with Gasteiger partial charge in [-0.15, -0.1) is 0 Å². The highest BCUT2D eigenvalue weighted by Gasteiger charge is 2.06. The quantitative estimate of drug-likeness (QED) is 0.947. The second kappa shape index (κ2) is 5.35. The first-order chi connectivity index (χ1) is 8.54. The van der Waals surface area contributed by atoms with E-state index in [1.807, 2.05) is 32.0 Å². The highest BCUT2D eigenvalue weighted by molar-refractivity contribution is 9.10. The number of benzene rings is 1.